The van der Waals surface area contributed by atoms with Gasteiger partial charge < -0.3 is 10.1 Å². The molecule has 3 aromatic carbocycles. The number of hydrogen-bond acceptors (Lipinski definition) is 7. The first-order valence-electron chi connectivity index (χ1n) is 10.0. The first-order chi connectivity index (χ1) is 15.9. The van der Waals surface area contributed by atoms with Gasteiger partial charge in [-0.1, -0.05) is 42.5 Å². The average Bonchev–Trinajstić information content (AvgIpc) is 3.30. The molecule has 4 rings (SSSR count). The van der Waals surface area contributed by atoms with E-state index in [1.54, 1.807) is 29.6 Å². The van der Waals surface area contributed by atoms with Crippen molar-refractivity contribution in [2.75, 3.05) is 16.7 Å². The second-order valence-electron chi connectivity index (χ2n) is 7.05. The Morgan fingerprint density at radius 3 is 2.42 bits per heavy atom. The lowest BCUT2D eigenvalue weighted by Gasteiger charge is -2.19. The SMILES string of the molecule is CN(c1ccccc1)S(=O)(=O)c1cccc(C(=O)OCc2csc(Nc3ccccc3)n2)c1. The van der Waals surface area contributed by atoms with E-state index in [2.05, 4.69) is 10.3 Å². The fourth-order valence-corrected chi connectivity index (χ4v) is 4.97. The van der Waals surface area contributed by atoms with Crippen molar-refractivity contribution in [3.63, 3.8) is 0 Å². The third kappa shape index (κ3) is 5.39. The standard InChI is InChI=1S/C24H21N3O4S2/c1-27(21-12-6-3-7-13-21)33(29,30)22-14-8-9-18(15-22)23(28)31-16-20-17-32-24(26-20)25-19-10-4-2-5-11-19/h2-15,17H,16H2,1H3,(H,25,26). The molecule has 33 heavy (non-hydrogen) atoms. The quantitative estimate of drug-likeness (QED) is 0.355. The van der Waals surface area contributed by atoms with Crippen LogP contribution in [-0.2, 0) is 21.4 Å². The highest BCUT2D eigenvalue weighted by Gasteiger charge is 2.22. The van der Waals surface area contributed by atoms with Crippen molar-refractivity contribution >= 4 is 43.8 Å². The van der Waals surface area contributed by atoms with Crippen molar-refractivity contribution in [3.05, 3.63) is 102 Å². The van der Waals surface area contributed by atoms with Crippen LogP contribution in [0.15, 0.2) is 95.2 Å². The Balaban J connectivity index is 1.42. The van der Waals surface area contributed by atoms with Crippen LogP contribution in [0.2, 0.25) is 0 Å². The van der Waals surface area contributed by atoms with E-state index in [0.717, 1.165) is 5.69 Å². The second-order valence-corrected chi connectivity index (χ2v) is 9.87. The van der Waals surface area contributed by atoms with Gasteiger partial charge in [-0.3, -0.25) is 4.31 Å². The zero-order chi connectivity index (χ0) is 23.3. The van der Waals surface area contributed by atoms with Crippen LogP contribution < -0.4 is 9.62 Å². The van der Waals surface area contributed by atoms with Gasteiger partial charge in [0.25, 0.3) is 10.0 Å². The Labute approximate surface area is 196 Å². The number of esters is 1. The van der Waals surface area contributed by atoms with Crippen LogP contribution in [0.5, 0.6) is 0 Å². The predicted octanol–water partition coefficient (Wildman–Crippen LogP) is 5.07. The lowest BCUT2D eigenvalue weighted by atomic mass is 10.2. The van der Waals surface area contributed by atoms with Crippen LogP contribution in [0.3, 0.4) is 0 Å². The largest absolute Gasteiger partial charge is 0.456 e. The van der Waals surface area contributed by atoms with Crippen molar-refractivity contribution in [1.29, 1.82) is 0 Å². The summed E-state index contributed by atoms with van der Waals surface area (Å²) in [6, 6.07) is 24.2. The van der Waals surface area contributed by atoms with Crippen molar-refractivity contribution in [3.8, 4) is 0 Å². The van der Waals surface area contributed by atoms with E-state index in [1.807, 2.05) is 36.4 Å². The first kappa shape index (κ1) is 22.5. The fourth-order valence-electron chi connectivity index (χ4n) is 3.02. The lowest BCUT2D eigenvalue weighted by Crippen LogP contribution is -2.26. The van der Waals surface area contributed by atoms with Gasteiger partial charge in [-0.2, -0.15) is 0 Å². The first-order valence-corrected chi connectivity index (χ1v) is 12.3. The van der Waals surface area contributed by atoms with E-state index in [-0.39, 0.29) is 17.1 Å². The van der Waals surface area contributed by atoms with Crippen LogP contribution in [0.4, 0.5) is 16.5 Å². The number of sulfonamides is 1. The number of nitrogens with zero attached hydrogens (tertiary/aromatic N) is 2. The number of rotatable bonds is 8. The Morgan fingerprint density at radius 1 is 1.00 bits per heavy atom. The predicted molar refractivity (Wildman–Crippen MR) is 129 cm³/mol. The zero-order valence-corrected chi connectivity index (χ0v) is 19.3. The minimum absolute atomic E-state index is 0.00584. The molecule has 0 spiro atoms. The number of carbonyl (C=O) groups is 1. The van der Waals surface area contributed by atoms with E-state index in [1.165, 1.54) is 47.0 Å². The molecule has 168 valence electrons. The maximum Gasteiger partial charge on any atom is 0.338 e. The number of carbonyl (C=O) groups excluding carboxylic acids is 1. The smallest absolute Gasteiger partial charge is 0.338 e. The Morgan fingerprint density at radius 2 is 1.70 bits per heavy atom. The maximum absolute atomic E-state index is 13.0. The molecule has 0 amide bonds. The van der Waals surface area contributed by atoms with Crippen LogP contribution in [0.25, 0.3) is 0 Å². The van der Waals surface area contributed by atoms with Crippen molar-refractivity contribution in [2.24, 2.45) is 0 Å². The number of ether oxygens (including phenoxy) is 1. The summed E-state index contributed by atoms with van der Waals surface area (Å²) in [5.41, 5.74) is 2.18. The van der Waals surface area contributed by atoms with Gasteiger partial charge in [-0.15, -0.1) is 11.3 Å². The minimum Gasteiger partial charge on any atom is -0.456 e. The summed E-state index contributed by atoms with van der Waals surface area (Å²) >= 11 is 1.40. The molecule has 1 heterocycles. The molecule has 0 fully saturated rings. The van der Waals surface area contributed by atoms with Crippen molar-refractivity contribution in [2.45, 2.75) is 11.5 Å². The van der Waals surface area contributed by atoms with E-state index in [0.29, 0.717) is 16.5 Å². The molecule has 0 aliphatic carbocycles. The summed E-state index contributed by atoms with van der Waals surface area (Å²) in [5, 5.41) is 5.67. The number of aromatic nitrogens is 1. The minimum atomic E-state index is -3.83. The summed E-state index contributed by atoms with van der Waals surface area (Å²) in [5.74, 6) is -0.625. The Kier molecular flexibility index (Phi) is 6.71. The lowest BCUT2D eigenvalue weighted by molar-refractivity contribution is 0.0468. The topological polar surface area (TPSA) is 88.6 Å². The molecule has 4 aromatic rings. The van der Waals surface area contributed by atoms with Gasteiger partial charge in [-0.25, -0.2) is 18.2 Å². The second kappa shape index (κ2) is 9.85. The fraction of sp³-hybridized carbons (Fsp3) is 0.0833. The number of nitrogens with one attached hydrogen (secondary N) is 1. The molecule has 0 saturated heterocycles. The van der Waals surface area contributed by atoms with Gasteiger partial charge in [-0.05, 0) is 42.5 Å². The number of benzene rings is 3. The van der Waals surface area contributed by atoms with Crippen molar-refractivity contribution in [1.82, 2.24) is 4.98 Å². The highest BCUT2D eigenvalue weighted by Crippen LogP contribution is 2.24. The van der Waals surface area contributed by atoms with E-state index >= 15 is 0 Å². The summed E-state index contributed by atoms with van der Waals surface area (Å²) < 4.78 is 32.5. The molecule has 0 bridgehead atoms. The molecule has 9 heteroatoms. The van der Waals surface area contributed by atoms with E-state index < -0.39 is 16.0 Å². The molecule has 1 aromatic heterocycles. The van der Waals surface area contributed by atoms with Gasteiger partial charge in [0.1, 0.15) is 6.61 Å². The van der Waals surface area contributed by atoms with Crippen LogP contribution >= 0.6 is 11.3 Å². The molecule has 0 aliphatic heterocycles. The third-order valence-electron chi connectivity index (χ3n) is 4.78. The summed E-state index contributed by atoms with van der Waals surface area (Å²) in [6.45, 7) is -0.0211. The Bertz CT molecular complexity index is 1340. The monoisotopic (exact) mass is 479 g/mol. The normalized spacial score (nSPS) is 11.1. The highest BCUT2D eigenvalue weighted by molar-refractivity contribution is 7.92. The van der Waals surface area contributed by atoms with Gasteiger partial charge in [0.2, 0.25) is 0 Å². The number of thiazole rings is 1. The molecule has 7 nitrogen and oxygen atoms in total. The van der Waals surface area contributed by atoms with Gasteiger partial charge in [0, 0.05) is 18.1 Å². The van der Waals surface area contributed by atoms with Gasteiger partial charge in [0.15, 0.2) is 5.13 Å². The van der Waals surface area contributed by atoms with E-state index in [9.17, 15) is 13.2 Å². The molecular weight excluding hydrogens is 458 g/mol. The molecule has 1 N–H and O–H groups in total. The highest BCUT2D eigenvalue weighted by atomic mass is 32.2. The molecular formula is C24H21N3O4S2. The number of para-hydroxylation sites is 2. The van der Waals surface area contributed by atoms with Gasteiger partial charge in [0.05, 0.1) is 21.8 Å². The summed E-state index contributed by atoms with van der Waals surface area (Å²) in [4.78, 5) is 17.0. The maximum atomic E-state index is 13.0. The van der Waals surface area contributed by atoms with Crippen LogP contribution in [0, 0.1) is 0 Å². The molecule has 0 aliphatic rings. The Hall–Kier alpha value is -3.69. The van der Waals surface area contributed by atoms with Crippen molar-refractivity contribution < 1.29 is 17.9 Å². The average molecular weight is 480 g/mol. The van der Waals surface area contributed by atoms with Crippen LogP contribution in [-0.4, -0.2) is 26.4 Å². The zero-order valence-electron chi connectivity index (χ0n) is 17.7. The van der Waals surface area contributed by atoms with E-state index in [4.69, 9.17) is 4.74 Å². The summed E-state index contributed by atoms with van der Waals surface area (Å²) in [7, 11) is -2.36. The molecule has 0 radical (unpaired) electrons. The number of hydrogen-bond donors (Lipinski definition) is 1. The third-order valence-corrected chi connectivity index (χ3v) is 7.36. The summed E-state index contributed by atoms with van der Waals surface area (Å²) in [6.07, 6.45) is 0. The number of anilines is 3. The molecule has 0 atom stereocenters. The molecule has 0 unspecified atom stereocenters. The molecule has 0 saturated carbocycles. The van der Waals surface area contributed by atoms with Gasteiger partial charge >= 0.3 is 5.97 Å². The van der Waals surface area contributed by atoms with Crippen LogP contribution in [0.1, 0.15) is 16.1 Å².